The van der Waals surface area contributed by atoms with Crippen LogP contribution in [0.25, 0.3) is 10.9 Å². The van der Waals surface area contributed by atoms with E-state index in [0.717, 1.165) is 72.8 Å². The number of halogens is 3. The Balaban J connectivity index is 1.65. The van der Waals surface area contributed by atoms with Gasteiger partial charge in [-0.05, 0) is 50.2 Å². The highest BCUT2D eigenvalue weighted by Gasteiger charge is 2.31. The monoisotopic (exact) mass is 458 g/mol. The third kappa shape index (κ3) is 4.98. The number of anilines is 3. The van der Waals surface area contributed by atoms with E-state index in [-0.39, 0.29) is 5.69 Å². The second-order valence-electron chi connectivity index (χ2n) is 8.52. The topological polar surface area (TPSA) is 70.3 Å². The number of likely N-dealkylation sites (N-methyl/N-ethyl adjacent to an activating group) is 1. The third-order valence-corrected chi connectivity index (χ3v) is 6.26. The van der Waals surface area contributed by atoms with Crippen LogP contribution in [0.2, 0.25) is 0 Å². The minimum Gasteiger partial charge on any atom is -0.399 e. The van der Waals surface area contributed by atoms with Crippen LogP contribution in [0.4, 0.5) is 30.2 Å². The quantitative estimate of drug-likeness (QED) is 0.533. The lowest BCUT2D eigenvalue weighted by atomic mass is 10.0. The molecule has 9 heteroatoms. The van der Waals surface area contributed by atoms with Crippen LogP contribution in [0.15, 0.2) is 36.7 Å². The van der Waals surface area contributed by atoms with Crippen molar-refractivity contribution in [3.63, 3.8) is 0 Å². The van der Waals surface area contributed by atoms with Crippen molar-refractivity contribution in [2.24, 2.45) is 0 Å². The molecule has 3 aromatic rings. The Morgan fingerprint density at radius 3 is 2.45 bits per heavy atom. The SMILES string of the molecule is CCN1CCN(c2cnc3c(C)ncc(N[C@H](C)c4cc(N)cc(C(F)(F)F)c4)c3c2)CC1. The number of nitrogens with zero attached hydrogens (tertiary/aromatic N) is 4. The van der Waals surface area contributed by atoms with E-state index in [1.807, 2.05) is 20.0 Å². The maximum atomic E-state index is 13.3. The van der Waals surface area contributed by atoms with Gasteiger partial charge in [0.1, 0.15) is 0 Å². The molecule has 0 saturated carbocycles. The van der Waals surface area contributed by atoms with Crippen LogP contribution in [-0.2, 0) is 6.18 Å². The molecule has 0 amide bonds. The summed E-state index contributed by atoms with van der Waals surface area (Å²) in [6.45, 7) is 10.8. The third-order valence-electron chi connectivity index (χ3n) is 6.26. The second-order valence-corrected chi connectivity index (χ2v) is 8.52. The Bertz CT molecular complexity index is 1140. The first-order valence-corrected chi connectivity index (χ1v) is 11.1. The first-order valence-electron chi connectivity index (χ1n) is 11.1. The number of hydrogen-bond acceptors (Lipinski definition) is 6. The number of alkyl halides is 3. The zero-order valence-corrected chi connectivity index (χ0v) is 19.1. The number of nitrogens with one attached hydrogen (secondary N) is 1. The molecule has 1 aliphatic rings. The number of aryl methyl sites for hydroxylation is 1. The Kier molecular flexibility index (Phi) is 6.34. The second kappa shape index (κ2) is 9.05. The molecule has 176 valence electrons. The Labute approximate surface area is 191 Å². The van der Waals surface area contributed by atoms with Crippen LogP contribution < -0.4 is 16.0 Å². The van der Waals surface area contributed by atoms with Gasteiger partial charge >= 0.3 is 6.18 Å². The van der Waals surface area contributed by atoms with E-state index in [0.29, 0.717) is 5.56 Å². The van der Waals surface area contributed by atoms with E-state index >= 15 is 0 Å². The highest BCUT2D eigenvalue weighted by Crippen LogP contribution is 2.35. The predicted octanol–water partition coefficient (Wildman–Crippen LogP) is 4.85. The molecule has 0 aliphatic carbocycles. The van der Waals surface area contributed by atoms with Crippen LogP contribution in [-0.4, -0.2) is 47.6 Å². The summed E-state index contributed by atoms with van der Waals surface area (Å²) in [5.41, 5.74) is 8.86. The molecule has 0 unspecified atom stereocenters. The Morgan fingerprint density at radius 1 is 1.06 bits per heavy atom. The van der Waals surface area contributed by atoms with Gasteiger partial charge in [-0.1, -0.05) is 6.92 Å². The molecular formula is C24H29F3N6. The first-order chi connectivity index (χ1) is 15.7. The minimum absolute atomic E-state index is 0.0792. The average Bonchev–Trinajstić information content (AvgIpc) is 2.79. The molecule has 2 aromatic heterocycles. The smallest absolute Gasteiger partial charge is 0.399 e. The maximum Gasteiger partial charge on any atom is 0.416 e. The summed E-state index contributed by atoms with van der Waals surface area (Å²) in [4.78, 5) is 13.8. The highest BCUT2D eigenvalue weighted by molar-refractivity contribution is 5.94. The van der Waals surface area contributed by atoms with Gasteiger partial charge in [0, 0.05) is 43.3 Å². The number of fused-ring (bicyclic) bond motifs is 1. The summed E-state index contributed by atoms with van der Waals surface area (Å²) in [5.74, 6) is 0. The molecule has 33 heavy (non-hydrogen) atoms. The number of rotatable bonds is 5. The number of nitrogen functional groups attached to an aromatic ring is 1. The molecular weight excluding hydrogens is 429 g/mol. The molecule has 1 atom stereocenters. The molecule has 0 bridgehead atoms. The van der Waals surface area contributed by atoms with Gasteiger partial charge in [0.05, 0.1) is 40.5 Å². The summed E-state index contributed by atoms with van der Waals surface area (Å²) >= 11 is 0. The molecule has 1 aliphatic heterocycles. The predicted molar refractivity (Wildman–Crippen MR) is 126 cm³/mol. The molecule has 4 rings (SSSR count). The van der Waals surface area contributed by atoms with Crippen LogP contribution in [0.1, 0.15) is 36.7 Å². The maximum absolute atomic E-state index is 13.3. The normalized spacial score (nSPS) is 16.2. The number of nitrogens with two attached hydrogens (primary N) is 1. The Hall–Kier alpha value is -3.07. The van der Waals surface area contributed by atoms with Gasteiger partial charge in [-0.15, -0.1) is 0 Å². The number of hydrogen-bond donors (Lipinski definition) is 2. The van der Waals surface area contributed by atoms with Gasteiger partial charge in [-0.25, -0.2) is 0 Å². The van der Waals surface area contributed by atoms with Gasteiger partial charge in [-0.3, -0.25) is 9.97 Å². The molecule has 0 radical (unpaired) electrons. The molecule has 1 saturated heterocycles. The molecule has 3 N–H and O–H groups in total. The van der Waals surface area contributed by atoms with E-state index < -0.39 is 17.8 Å². The van der Waals surface area contributed by atoms with Crippen LogP contribution in [0.3, 0.4) is 0 Å². The molecule has 1 fully saturated rings. The van der Waals surface area contributed by atoms with Crippen molar-refractivity contribution in [3.05, 3.63) is 53.5 Å². The van der Waals surface area contributed by atoms with E-state index in [2.05, 4.69) is 38.1 Å². The molecule has 3 heterocycles. The van der Waals surface area contributed by atoms with Gasteiger partial charge in [0.2, 0.25) is 0 Å². The lowest BCUT2D eigenvalue weighted by Gasteiger charge is -2.35. The summed E-state index contributed by atoms with van der Waals surface area (Å²) in [5, 5.41) is 4.22. The fraction of sp³-hybridized carbons (Fsp3) is 0.417. The van der Waals surface area contributed by atoms with E-state index in [1.54, 1.807) is 12.3 Å². The Morgan fingerprint density at radius 2 is 1.79 bits per heavy atom. The van der Waals surface area contributed by atoms with Gasteiger partial charge in [0.25, 0.3) is 0 Å². The summed E-state index contributed by atoms with van der Waals surface area (Å²) < 4.78 is 39.8. The van der Waals surface area contributed by atoms with Crippen molar-refractivity contribution < 1.29 is 13.2 Å². The molecule has 0 spiro atoms. The van der Waals surface area contributed by atoms with E-state index in [9.17, 15) is 13.2 Å². The van der Waals surface area contributed by atoms with Crippen molar-refractivity contribution in [1.82, 2.24) is 14.9 Å². The summed E-state index contributed by atoms with van der Waals surface area (Å²) in [6.07, 6.45) is -0.868. The first kappa shape index (κ1) is 23.1. The largest absolute Gasteiger partial charge is 0.416 e. The number of piperazine rings is 1. The fourth-order valence-electron chi connectivity index (χ4n) is 4.26. The van der Waals surface area contributed by atoms with Crippen molar-refractivity contribution in [3.8, 4) is 0 Å². The standard InChI is InChI=1S/C24H29F3N6/c1-4-32-5-7-33(8-6-32)20-12-21-22(14-29-16(3)23(21)30-13-20)31-15(2)17-9-18(24(25,26)27)11-19(28)10-17/h9-15,31H,4-8,28H2,1-3H3/t15-/m1/s1. The van der Waals surface area contributed by atoms with E-state index in [1.165, 1.54) is 0 Å². The van der Waals surface area contributed by atoms with Crippen LogP contribution >= 0.6 is 0 Å². The van der Waals surface area contributed by atoms with Crippen molar-refractivity contribution >= 4 is 28.0 Å². The van der Waals surface area contributed by atoms with Crippen molar-refractivity contribution in [2.45, 2.75) is 33.0 Å². The summed E-state index contributed by atoms with van der Waals surface area (Å²) in [6, 6.07) is 5.32. The minimum atomic E-state index is -4.46. The van der Waals surface area contributed by atoms with Crippen molar-refractivity contribution in [1.29, 1.82) is 0 Å². The number of pyridine rings is 2. The zero-order valence-electron chi connectivity index (χ0n) is 19.1. The lowest BCUT2D eigenvalue weighted by molar-refractivity contribution is -0.137. The highest BCUT2D eigenvalue weighted by atomic mass is 19.4. The average molecular weight is 459 g/mol. The zero-order chi connectivity index (χ0) is 23.8. The summed E-state index contributed by atoms with van der Waals surface area (Å²) in [7, 11) is 0. The fourth-order valence-corrected chi connectivity index (χ4v) is 4.26. The van der Waals surface area contributed by atoms with Crippen LogP contribution in [0.5, 0.6) is 0 Å². The van der Waals surface area contributed by atoms with Gasteiger partial charge < -0.3 is 20.9 Å². The molecule has 6 nitrogen and oxygen atoms in total. The lowest BCUT2D eigenvalue weighted by Crippen LogP contribution is -2.46. The number of aromatic nitrogens is 2. The number of benzene rings is 1. The van der Waals surface area contributed by atoms with Crippen molar-refractivity contribution in [2.75, 3.05) is 48.7 Å². The van der Waals surface area contributed by atoms with Gasteiger partial charge in [-0.2, -0.15) is 13.2 Å². The van der Waals surface area contributed by atoms with E-state index in [4.69, 9.17) is 5.73 Å². The molecule has 1 aromatic carbocycles. The van der Waals surface area contributed by atoms with Gasteiger partial charge in [0.15, 0.2) is 0 Å². The van der Waals surface area contributed by atoms with Crippen LogP contribution in [0, 0.1) is 6.92 Å².